The average Bonchev–Trinajstić information content (AvgIpc) is 3.79. The Morgan fingerprint density at radius 2 is 1.38 bits per heavy atom. The number of aromatic amines is 1. The van der Waals surface area contributed by atoms with Crippen molar-refractivity contribution in [2.24, 2.45) is 4.36 Å². The molecule has 1 aromatic heterocycles. The maximum atomic E-state index is 8.64. The minimum Gasteiger partial charge on any atom is -1.00 e. The van der Waals surface area contributed by atoms with Crippen LogP contribution in [-0.2, 0) is 52.2 Å². The molecule has 4 saturated heterocycles. The third-order valence-corrected chi connectivity index (χ3v) is 14.8. The first-order chi connectivity index (χ1) is 32.1. The van der Waals surface area contributed by atoms with E-state index in [1.165, 1.54) is 24.0 Å². The van der Waals surface area contributed by atoms with E-state index in [1.54, 1.807) is 18.0 Å². The first kappa shape index (κ1) is 67.5. The van der Waals surface area contributed by atoms with Gasteiger partial charge in [0.25, 0.3) is 6.47 Å². The van der Waals surface area contributed by atoms with Crippen molar-refractivity contribution in [3.8, 4) is 6.19 Å². The van der Waals surface area contributed by atoms with E-state index in [4.69, 9.17) is 63.2 Å². The fourth-order valence-electron chi connectivity index (χ4n) is 8.50. The zero-order valence-corrected chi connectivity index (χ0v) is 51.3. The van der Waals surface area contributed by atoms with Gasteiger partial charge in [-0.3, -0.25) is 14.6 Å². The SMILES string of the molecule is CCOC[C@H]1CN(C2CCN(c3n[nH]c(N)n3)CC2)C(Cc2ccc(Cl)cc2)CO1.CCOC[C@H]1CN(C2CCNCC2)C(Cc2ccc(Cl)cc2)CO1.CSCS(C)=NC#N.Cl.O=CO[O-].[H-].[K+].[K+]. The number of piperidine rings is 2. The van der Waals surface area contributed by atoms with Crippen molar-refractivity contribution in [2.45, 2.75) is 88.7 Å². The van der Waals surface area contributed by atoms with Crippen molar-refractivity contribution in [3.05, 3.63) is 69.7 Å². The molecule has 4 N–H and O–H groups in total. The Balaban J connectivity index is 0.00000107. The molecule has 0 saturated carbocycles. The number of nitrogens with two attached hydrogens (primary N) is 1. The van der Waals surface area contributed by atoms with Crippen molar-refractivity contribution in [3.63, 3.8) is 0 Å². The number of benzene rings is 2. The number of morpholine rings is 2. The zero-order chi connectivity index (χ0) is 47.5. The van der Waals surface area contributed by atoms with Crippen LogP contribution in [0.2, 0.25) is 10.0 Å². The standard InChI is InChI=1S/C21H31ClN6O2.C19H29ClN2O2.C4H8N2S2.CH2O3.ClH.2K.H/c1-2-29-14-19-12-28(18(13-30-19)11-15-3-5-16(22)6-4-15)17-7-9-27(10-8-17)21-24-20(23)25-26-21;1-2-23-14-19-12-22(17-7-9-21-10-8-17)18(13-24-19)11-15-3-5-16(20)6-4-15;1-7-4-8(2)6-3-5;2-1-4-3;;;;/h3-6,17-19H,2,7-14H2,1H3,(H3,23,24,25,26);3-6,17-19,21H,2,7-14H2,1H3;4H2,1-2H3;1,3H;1H;;;/q;;;;;2*+1;-1/p-1/t2*18?,19-;;;;;;/m11....../s1. The fraction of sp³-hybridized carbons (Fsp3) is 0.644. The van der Waals surface area contributed by atoms with E-state index in [1.807, 2.05) is 50.6 Å². The molecule has 5 atom stereocenters. The molecule has 0 spiro atoms. The summed E-state index contributed by atoms with van der Waals surface area (Å²) in [6.45, 7) is 14.1. The van der Waals surface area contributed by atoms with Crippen molar-refractivity contribution in [1.82, 2.24) is 30.3 Å². The van der Waals surface area contributed by atoms with Crippen LogP contribution in [0.15, 0.2) is 52.9 Å². The van der Waals surface area contributed by atoms with E-state index in [-0.39, 0.29) is 146 Å². The van der Waals surface area contributed by atoms with Crippen LogP contribution in [-0.4, -0.2) is 164 Å². The van der Waals surface area contributed by atoms with Gasteiger partial charge in [-0.1, -0.05) is 58.2 Å². The maximum Gasteiger partial charge on any atom is 1.00 e. The molecule has 4 aliphatic heterocycles. The number of thioether (sulfide) groups is 1. The molecule has 0 aliphatic carbocycles. The molecular formula is C45H71Cl3K2N10O7S2. The van der Waals surface area contributed by atoms with Crippen molar-refractivity contribution < 1.29 is 138 Å². The summed E-state index contributed by atoms with van der Waals surface area (Å²) in [7, 11) is -0.0432. The first-order valence-corrected chi connectivity index (χ1v) is 26.5. The summed E-state index contributed by atoms with van der Waals surface area (Å²) in [4.78, 5) is 23.1. The van der Waals surface area contributed by atoms with Crippen LogP contribution in [0.25, 0.3) is 0 Å². The quantitative estimate of drug-likeness (QED) is 0.0532. The Bertz CT molecular complexity index is 1880. The normalized spacial score (nSPS) is 21.4. The summed E-state index contributed by atoms with van der Waals surface area (Å²) in [6, 6.07) is 18.3. The van der Waals surface area contributed by atoms with Crippen LogP contribution in [0.5, 0.6) is 0 Å². The van der Waals surface area contributed by atoms with Crippen molar-refractivity contribution >= 4 is 76.4 Å². The van der Waals surface area contributed by atoms with E-state index in [9.17, 15) is 0 Å². The second-order valence-electron chi connectivity index (χ2n) is 16.2. The summed E-state index contributed by atoms with van der Waals surface area (Å²) in [5.74, 6) is 1.06. The Morgan fingerprint density at radius 1 is 0.913 bits per heavy atom. The summed E-state index contributed by atoms with van der Waals surface area (Å²) in [6.07, 6.45) is 12.6. The maximum absolute atomic E-state index is 8.64. The van der Waals surface area contributed by atoms with Gasteiger partial charge in [0.15, 0.2) is 0 Å². The van der Waals surface area contributed by atoms with Crippen LogP contribution < -0.4 is 124 Å². The number of nitrogens with zero attached hydrogens (tertiary/aromatic N) is 7. The molecule has 5 heterocycles. The third kappa shape index (κ3) is 25.7. The molecule has 7 rings (SSSR count). The number of rotatable bonds is 16. The Hall–Kier alpha value is 0.463. The molecule has 3 aromatic rings. The van der Waals surface area contributed by atoms with Gasteiger partial charge < -0.3 is 46.5 Å². The van der Waals surface area contributed by atoms with E-state index in [0.29, 0.717) is 55.9 Å². The fourth-order valence-corrected chi connectivity index (χ4v) is 10.5. The molecule has 0 radical (unpaired) electrons. The molecule has 69 heavy (non-hydrogen) atoms. The average molecular weight is 1110 g/mol. The number of hydrogen-bond acceptors (Lipinski definition) is 17. The summed E-state index contributed by atoms with van der Waals surface area (Å²) in [5, 5.41) is 29.4. The number of nitrogen functional groups attached to an aromatic ring is 1. The topological polar surface area (TPSA) is 212 Å². The Labute approximate surface area is 519 Å². The second-order valence-corrected chi connectivity index (χ2v) is 20.0. The number of ether oxygens (including phenoxy) is 4. The zero-order valence-electron chi connectivity index (χ0n) is 42.1. The van der Waals surface area contributed by atoms with Gasteiger partial charge in [0, 0.05) is 73.6 Å². The van der Waals surface area contributed by atoms with Crippen molar-refractivity contribution in [1.29, 1.82) is 5.26 Å². The molecule has 3 unspecified atom stereocenters. The van der Waals surface area contributed by atoms with Crippen LogP contribution in [0.1, 0.15) is 52.1 Å². The van der Waals surface area contributed by atoms with Crippen LogP contribution in [0.4, 0.5) is 11.9 Å². The van der Waals surface area contributed by atoms with Gasteiger partial charge in [-0.2, -0.15) is 26.4 Å². The number of nitriles is 1. The van der Waals surface area contributed by atoms with Gasteiger partial charge in [-0.15, -0.1) is 17.5 Å². The molecule has 2 aromatic carbocycles. The van der Waals surface area contributed by atoms with Gasteiger partial charge in [0.1, 0.15) is 0 Å². The van der Waals surface area contributed by atoms with Crippen molar-refractivity contribution in [2.75, 3.05) is 107 Å². The molecule has 4 aliphatic rings. The molecule has 0 bridgehead atoms. The van der Waals surface area contributed by atoms with Gasteiger partial charge >= 0.3 is 103 Å². The third-order valence-electron chi connectivity index (χ3n) is 11.6. The largest absolute Gasteiger partial charge is 1.00 e. The number of hydrogen-bond donors (Lipinski definition) is 3. The Morgan fingerprint density at radius 3 is 1.77 bits per heavy atom. The Kier molecular flexibility index (Phi) is 38.9. The van der Waals surface area contributed by atoms with Gasteiger partial charge in [-0.05, 0) is 113 Å². The predicted octanol–water partition coefficient (Wildman–Crippen LogP) is -0.705. The minimum atomic E-state index is -0.181. The van der Waals surface area contributed by atoms with Gasteiger partial charge in [0.2, 0.25) is 18.1 Å². The van der Waals surface area contributed by atoms with Crippen LogP contribution in [0.3, 0.4) is 0 Å². The van der Waals surface area contributed by atoms with E-state index < -0.39 is 0 Å². The van der Waals surface area contributed by atoms with E-state index >= 15 is 0 Å². The molecular weight excluding hydrogens is 1040 g/mol. The van der Waals surface area contributed by atoms with E-state index in [0.717, 1.165) is 99.9 Å². The van der Waals surface area contributed by atoms with E-state index in [2.05, 4.69) is 68.7 Å². The molecule has 17 nitrogen and oxygen atoms in total. The first-order valence-electron chi connectivity index (χ1n) is 22.6. The monoisotopic (exact) mass is 1110 g/mol. The summed E-state index contributed by atoms with van der Waals surface area (Å²) in [5.41, 5.74) is 8.30. The molecule has 4 fully saturated rings. The summed E-state index contributed by atoms with van der Waals surface area (Å²) < 4.78 is 27.1. The van der Waals surface area contributed by atoms with Crippen LogP contribution in [0, 0.1) is 11.5 Å². The van der Waals surface area contributed by atoms with Gasteiger partial charge in [-0.25, -0.2) is 5.10 Å². The molecule has 24 heteroatoms. The molecule has 378 valence electrons. The van der Waals surface area contributed by atoms with Gasteiger partial charge in [0.05, 0.1) is 43.7 Å². The number of carbonyl (C=O) groups is 1. The van der Waals surface area contributed by atoms with Crippen LogP contribution >= 0.6 is 47.4 Å². The number of halogens is 3. The second kappa shape index (κ2) is 39.8. The predicted molar refractivity (Wildman–Crippen MR) is 271 cm³/mol. The number of aromatic nitrogens is 3. The number of H-pyrrole nitrogens is 1. The number of carbonyl (C=O) groups excluding carboxylic acids is 1. The summed E-state index contributed by atoms with van der Waals surface area (Å²) >= 11 is 13.8. The smallest absolute Gasteiger partial charge is 1.00 e. The molecule has 0 amide bonds. The number of anilines is 2. The number of nitrogens with one attached hydrogen (secondary N) is 2. The minimum absolute atomic E-state index is 0.